The Hall–Kier alpha value is -3.53. The largest absolute Gasteiger partial charge is 0.495 e. The molecular weight excluding hydrogens is 446 g/mol. The number of halogens is 4. The van der Waals surface area contributed by atoms with Crippen molar-refractivity contribution >= 4 is 34.5 Å². The molecule has 0 spiro atoms. The van der Waals surface area contributed by atoms with Gasteiger partial charge in [0.25, 0.3) is 0 Å². The number of anilines is 1. The first-order chi connectivity index (χ1) is 15.3. The number of hydrogen-bond donors (Lipinski definition) is 2. The molecule has 0 aliphatic carbocycles. The second-order valence-corrected chi connectivity index (χ2v) is 7.62. The minimum absolute atomic E-state index is 0.0164. The van der Waals surface area contributed by atoms with E-state index in [2.05, 4.69) is 14.7 Å². The van der Waals surface area contributed by atoms with Crippen molar-refractivity contribution in [2.24, 2.45) is 0 Å². The molecule has 0 aliphatic heterocycles. The van der Waals surface area contributed by atoms with Crippen LogP contribution >= 0.6 is 11.9 Å². The molecule has 10 heteroatoms. The van der Waals surface area contributed by atoms with E-state index in [-0.39, 0.29) is 16.1 Å². The van der Waals surface area contributed by atoms with Gasteiger partial charge in [-0.25, -0.2) is 22.5 Å². The summed E-state index contributed by atoms with van der Waals surface area (Å²) in [6.07, 6.45) is 2.79. The summed E-state index contributed by atoms with van der Waals surface area (Å²) in [6, 6.07) is 4.78. The molecule has 0 radical (unpaired) electrons. The Balaban J connectivity index is 1.72. The molecule has 5 nitrogen and oxygen atoms in total. The van der Waals surface area contributed by atoms with Crippen molar-refractivity contribution in [1.29, 1.82) is 0 Å². The van der Waals surface area contributed by atoms with Gasteiger partial charge in [-0.1, -0.05) is 0 Å². The van der Waals surface area contributed by atoms with Crippen LogP contribution in [-0.4, -0.2) is 22.9 Å². The van der Waals surface area contributed by atoms with Crippen molar-refractivity contribution in [3.8, 4) is 5.75 Å². The Morgan fingerprint density at radius 3 is 2.62 bits per heavy atom. The van der Waals surface area contributed by atoms with Gasteiger partial charge >= 0.3 is 0 Å². The van der Waals surface area contributed by atoms with Gasteiger partial charge in [0, 0.05) is 17.1 Å². The van der Waals surface area contributed by atoms with Crippen molar-refractivity contribution < 1.29 is 27.1 Å². The Morgan fingerprint density at radius 1 is 1.12 bits per heavy atom. The molecule has 2 aromatic carbocycles. The molecule has 4 aromatic rings. The third kappa shape index (κ3) is 3.77. The molecule has 2 heterocycles. The Kier molecular flexibility index (Phi) is 5.79. The number of carbonyl (C=O) groups is 1. The highest BCUT2D eigenvalue weighted by Gasteiger charge is 2.26. The quantitative estimate of drug-likeness (QED) is 0.216. The number of methoxy groups -OCH3 is 1. The number of aromatic amines is 1. The fourth-order valence-corrected chi connectivity index (χ4v) is 3.98. The molecule has 4 rings (SSSR count). The van der Waals surface area contributed by atoms with Gasteiger partial charge in [-0.2, -0.15) is 0 Å². The third-order valence-electron chi connectivity index (χ3n) is 4.86. The highest BCUT2D eigenvalue weighted by molar-refractivity contribution is 8.00. The monoisotopic (exact) mass is 461 g/mol. The van der Waals surface area contributed by atoms with E-state index < -0.39 is 34.6 Å². The van der Waals surface area contributed by atoms with Crippen LogP contribution in [0, 0.1) is 30.2 Å². The van der Waals surface area contributed by atoms with Gasteiger partial charge in [-0.3, -0.25) is 4.79 Å². The van der Waals surface area contributed by atoms with Crippen LogP contribution in [0.3, 0.4) is 0 Å². The number of fused-ring (bicyclic) bond motifs is 1. The van der Waals surface area contributed by atoms with Crippen molar-refractivity contribution in [2.75, 3.05) is 11.8 Å². The number of aromatic nitrogens is 2. The second-order valence-electron chi connectivity index (χ2n) is 6.77. The molecule has 0 unspecified atom stereocenters. The summed E-state index contributed by atoms with van der Waals surface area (Å²) in [5, 5.41) is 0.378. The van der Waals surface area contributed by atoms with E-state index >= 15 is 4.39 Å². The van der Waals surface area contributed by atoms with Crippen molar-refractivity contribution in [3.05, 3.63) is 82.7 Å². The van der Waals surface area contributed by atoms with Crippen LogP contribution in [-0.2, 0) is 0 Å². The smallest absolute Gasteiger partial charge is 0.201 e. The van der Waals surface area contributed by atoms with Crippen LogP contribution in [0.2, 0.25) is 0 Å². The summed E-state index contributed by atoms with van der Waals surface area (Å²) in [5.74, 6) is -4.13. The topological polar surface area (TPSA) is 67.0 Å². The third-order valence-corrected chi connectivity index (χ3v) is 5.72. The van der Waals surface area contributed by atoms with E-state index in [1.54, 1.807) is 6.92 Å². The number of nitrogens with one attached hydrogen (secondary N) is 2. The standard InChI is InChI=1S/C22H15F4N3O2S/c1-10-16(31-2)9-28-22-18(10)12(8-27-22)21(30)19-14(25)5-6-15(20(19)26)29-32-17-7-11(23)3-4-13(17)24/h3-9,29H,1-2H3,(H,27,28). The molecule has 0 fully saturated rings. The van der Waals surface area contributed by atoms with Crippen LogP contribution in [0.5, 0.6) is 5.75 Å². The molecule has 164 valence electrons. The van der Waals surface area contributed by atoms with Gasteiger partial charge in [-0.15, -0.1) is 0 Å². The van der Waals surface area contributed by atoms with Gasteiger partial charge in [0.2, 0.25) is 5.78 Å². The molecule has 32 heavy (non-hydrogen) atoms. The lowest BCUT2D eigenvalue weighted by Crippen LogP contribution is -2.09. The molecule has 0 atom stereocenters. The highest BCUT2D eigenvalue weighted by atomic mass is 32.2. The predicted octanol–water partition coefficient (Wildman–Crippen LogP) is 5.79. The maximum Gasteiger partial charge on any atom is 0.201 e. The minimum Gasteiger partial charge on any atom is -0.495 e. The lowest BCUT2D eigenvalue weighted by atomic mass is 9.99. The Morgan fingerprint density at radius 2 is 1.88 bits per heavy atom. The molecule has 2 N–H and O–H groups in total. The van der Waals surface area contributed by atoms with Gasteiger partial charge in [-0.05, 0) is 49.2 Å². The van der Waals surface area contributed by atoms with Crippen LogP contribution in [0.15, 0.2) is 47.6 Å². The minimum atomic E-state index is -1.16. The Bertz CT molecular complexity index is 1360. The summed E-state index contributed by atoms with van der Waals surface area (Å²) in [6.45, 7) is 1.70. The first-order valence-electron chi connectivity index (χ1n) is 9.23. The van der Waals surface area contributed by atoms with E-state index in [9.17, 15) is 18.0 Å². The maximum absolute atomic E-state index is 15.1. The number of rotatable bonds is 6. The SMILES string of the molecule is COc1cnc2[nH]cc(C(=O)c3c(F)ccc(NSc4cc(F)ccc4F)c3F)c2c1C. The molecule has 2 aromatic heterocycles. The summed E-state index contributed by atoms with van der Waals surface area (Å²) in [7, 11) is 1.44. The van der Waals surface area contributed by atoms with Crippen LogP contribution in [0.4, 0.5) is 23.2 Å². The maximum atomic E-state index is 15.1. The number of nitrogens with zero attached hydrogens (tertiary/aromatic N) is 1. The number of pyridine rings is 1. The summed E-state index contributed by atoms with van der Waals surface area (Å²) < 4.78 is 64.6. The molecule has 0 amide bonds. The van der Waals surface area contributed by atoms with Crippen LogP contribution < -0.4 is 9.46 Å². The number of aryl methyl sites for hydroxylation is 1. The van der Waals surface area contributed by atoms with Crippen LogP contribution in [0.1, 0.15) is 21.5 Å². The molecular formula is C22H15F4N3O2S. The number of ether oxygens (including phenoxy) is 1. The highest BCUT2D eigenvalue weighted by Crippen LogP contribution is 2.33. The zero-order valence-corrected chi connectivity index (χ0v) is 17.5. The lowest BCUT2D eigenvalue weighted by Gasteiger charge is -2.11. The molecule has 0 saturated heterocycles. The number of ketones is 1. The number of carbonyl (C=O) groups excluding carboxylic acids is 1. The summed E-state index contributed by atoms with van der Waals surface area (Å²) >= 11 is 0.591. The fraction of sp³-hybridized carbons (Fsp3) is 0.0909. The van der Waals surface area contributed by atoms with E-state index in [1.807, 2.05) is 0 Å². The van der Waals surface area contributed by atoms with E-state index in [1.165, 1.54) is 19.5 Å². The van der Waals surface area contributed by atoms with Gasteiger partial charge in [0.05, 0.1) is 35.0 Å². The normalized spacial score (nSPS) is 11.1. The van der Waals surface area contributed by atoms with Crippen molar-refractivity contribution in [1.82, 2.24) is 9.97 Å². The van der Waals surface area contributed by atoms with Crippen LogP contribution in [0.25, 0.3) is 11.0 Å². The predicted molar refractivity (Wildman–Crippen MR) is 113 cm³/mol. The average Bonchev–Trinajstić information content (AvgIpc) is 3.21. The zero-order valence-electron chi connectivity index (χ0n) is 16.7. The van der Waals surface area contributed by atoms with Crippen molar-refractivity contribution in [2.45, 2.75) is 11.8 Å². The first kappa shape index (κ1) is 21.7. The van der Waals surface area contributed by atoms with Gasteiger partial charge < -0.3 is 14.4 Å². The van der Waals surface area contributed by atoms with E-state index in [0.29, 0.717) is 34.3 Å². The van der Waals surface area contributed by atoms with E-state index in [4.69, 9.17) is 4.74 Å². The second kappa shape index (κ2) is 8.54. The van der Waals surface area contributed by atoms with E-state index in [0.717, 1.165) is 30.3 Å². The summed E-state index contributed by atoms with van der Waals surface area (Å²) in [5.41, 5.74) is -0.106. The number of H-pyrrole nitrogens is 1. The van der Waals surface area contributed by atoms with Crippen molar-refractivity contribution in [3.63, 3.8) is 0 Å². The van der Waals surface area contributed by atoms with Gasteiger partial charge in [0.15, 0.2) is 5.82 Å². The molecule has 0 aliphatic rings. The lowest BCUT2D eigenvalue weighted by molar-refractivity contribution is 0.103. The average molecular weight is 461 g/mol. The molecule has 0 bridgehead atoms. The molecule has 0 saturated carbocycles. The van der Waals surface area contributed by atoms with Gasteiger partial charge in [0.1, 0.15) is 28.8 Å². The number of benzene rings is 2. The zero-order chi connectivity index (χ0) is 23.0. The fourth-order valence-electron chi connectivity index (χ4n) is 3.26. The first-order valence-corrected chi connectivity index (χ1v) is 10.0. The Labute approximate surface area is 183 Å². The summed E-state index contributed by atoms with van der Waals surface area (Å²) in [4.78, 5) is 20.0. The number of hydrogen-bond acceptors (Lipinski definition) is 5.